The second-order valence-electron chi connectivity index (χ2n) is 10.4. The van der Waals surface area contributed by atoms with E-state index < -0.39 is 0 Å². The highest BCUT2D eigenvalue weighted by Crippen LogP contribution is 2.29. The van der Waals surface area contributed by atoms with E-state index in [9.17, 15) is 4.79 Å². The number of hydrogen-bond donors (Lipinski definition) is 1. The fourth-order valence-electron chi connectivity index (χ4n) is 4.69. The Labute approximate surface area is 239 Å². The van der Waals surface area contributed by atoms with Crippen LogP contribution < -0.4 is 19.4 Å². The number of amides is 1. The monoisotopic (exact) mass is 551 g/mol. The van der Waals surface area contributed by atoms with Crippen molar-refractivity contribution in [2.45, 2.75) is 97.4 Å². The number of unbranched alkanes of at least 4 members (excludes halogenated alkanes) is 11. The lowest BCUT2D eigenvalue weighted by Crippen LogP contribution is -2.30. The summed E-state index contributed by atoms with van der Waals surface area (Å²) < 4.78 is 13.7. The quantitative estimate of drug-likeness (QED) is 0.120. The first-order valence-electron chi connectivity index (χ1n) is 14.7. The van der Waals surface area contributed by atoms with Crippen LogP contribution in [-0.2, 0) is 6.54 Å². The third-order valence-corrected chi connectivity index (χ3v) is 7.83. The Morgan fingerprint density at radius 1 is 0.846 bits per heavy atom. The van der Waals surface area contributed by atoms with Crippen LogP contribution in [0.2, 0.25) is 0 Å². The van der Waals surface area contributed by atoms with Gasteiger partial charge in [0.05, 0.1) is 18.6 Å². The van der Waals surface area contributed by atoms with Gasteiger partial charge in [0.1, 0.15) is 0 Å². The summed E-state index contributed by atoms with van der Waals surface area (Å²) in [6, 6.07) is 13.3. The van der Waals surface area contributed by atoms with Crippen LogP contribution in [0.25, 0.3) is 0 Å². The van der Waals surface area contributed by atoms with Gasteiger partial charge in [0.15, 0.2) is 24.2 Å². The van der Waals surface area contributed by atoms with Gasteiger partial charge in [-0.2, -0.15) is 4.57 Å². The maximum absolute atomic E-state index is 12.8. The highest BCUT2D eigenvalue weighted by Gasteiger charge is 2.12. The third kappa shape index (κ3) is 11.4. The molecule has 0 aliphatic rings. The molecular formula is C33H47N2O3S+. The van der Waals surface area contributed by atoms with E-state index in [-0.39, 0.29) is 5.91 Å². The molecule has 0 aliphatic carbocycles. The molecule has 5 nitrogen and oxygen atoms in total. The number of anilines is 1. The Bertz CT molecular complexity index is 1110. The third-order valence-electron chi connectivity index (χ3n) is 6.98. The van der Waals surface area contributed by atoms with Crippen LogP contribution >= 0.6 is 11.3 Å². The predicted molar refractivity (Wildman–Crippen MR) is 162 cm³/mol. The zero-order chi connectivity index (χ0) is 27.7. The number of benzene rings is 2. The molecule has 39 heavy (non-hydrogen) atoms. The molecule has 1 N–H and O–H groups in total. The molecule has 0 fully saturated rings. The average molecular weight is 552 g/mol. The molecule has 0 bridgehead atoms. The van der Waals surface area contributed by atoms with Crippen molar-refractivity contribution in [3.05, 3.63) is 70.2 Å². The van der Waals surface area contributed by atoms with Crippen molar-refractivity contribution in [1.82, 2.24) is 0 Å². The Hall–Kier alpha value is -2.86. The van der Waals surface area contributed by atoms with E-state index in [1.54, 1.807) is 30.6 Å². The van der Waals surface area contributed by atoms with Gasteiger partial charge in [0.2, 0.25) is 5.51 Å². The number of carbonyl (C=O) groups excluding carboxylic acids is 1. The van der Waals surface area contributed by atoms with Crippen LogP contribution in [0, 0.1) is 6.92 Å². The van der Waals surface area contributed by atoms with Crippen molar-refractivity contribution in [3.63, 3.8) is 0 Å². The number of ether oxygens (including phenoxy) is 2. The van der Waals surface area contributed by atoms with Gasteiger partial charge in [-0.05, 0) is 43.7 Å². The van der Waals surface area contributed by atoms with E-state index in [1.165, 1.54) is 81.1 Å². The van der Waals surface area contributed by atoms with Gasteiger partial charge in [0.25, 0.3) is 5.91 Å². The summed E-state index contributed by atoms with van der Waals surface area (Å²) in [5.74, 6) is 1.10. The Morgan fingerprint density at radius 2 is 1.49 bits per heavy atom. The fraction of sp³-hybridized carbons (Fsp3) is 0.515. The lowest BCUT2D eigenvalue weighted by molar-refractivity contribution is -0.683. The fourth-order valence-corrected chi connectivity index (χ4v) is 5.32. The van der Waals surface area contributed by atoms with Gasteiger partial charge in [-0.15, -0.1) is 0 Å². The Balaban J connectivity index is 1.34. The second-order valence-corrected chi connectivity index (χ2v) is 11.5. The topological polar surface area (TPSA) is 51.4 Å². The molecule has 0 radical (unpaired) electrons. The molecule has 3 aromatic rings. The lowest BCUT2D eigenvalue weighted by atomic mass is 10.1. The van der Waals surface area contributed by atoms with E-state index in [0.717, 1.165) is 18.7 Å². The van der Waals surface area contributed by atoms with Crippen LogP contribution in [-0.4, -0.2) is 19.6 Å². The van der Waals surface area contributed by atoms with E-state index in [1.807, 2.05) is 30.3 Å². The summed E-state index contributed by atoms with van der Waals surface area (Å²) in [6.45, 7) is 5.85. The summed E-state index contributed by atoms with van der Waals surface area (Å²) in [4.78, 5) is 14.1. The number of thiazole rings is 1. The number of methoxy groups -OCH3 is 1. The number of nitrogens with zero attached hydrogens (tertiary/aromatic N) is 1. The van der Waals surface area contributed by atoms with Crippen LogP contribution in [0.1, 0.15) is 105 Å². The number of rotatable bonds is 19. The minimum atomic E-state index is -0.170. The van der Waals surface area contributed by atoms with Gasteiger partial charge >= 0.3 is 0 Å². The minimum absolute atomic E-state index is 0.170. The second kappa shape index (κ2) is 17.7. The first-order valence-corrected chi connectivity index (χ1v) is 15.6. The van der Waals surface area contributed by atoms with Crippen LogP contribution in [0.3, 0.4) is 0 Å². The van der Waals surface area contributed by atoms with Crippen molar-refractivity contribution in [3.8, 4) is 11.5 Å². The van der Waals surface area contributed by atoms with Crippen LogP contribution in [0.5, 0.6) is 11.5 Å². The molecule has 0 atom stereocenters. The van der Waals surface area contributed by atoms with Crippen LogP contribution in [0.15, 0.2) is 54.2 Å². The molecule has 0 saturated carbocycles. The van der Waals surface area contributed by atoms with Gasteiger partial charge in [-0.1, -0.05) is 101 Å². The molecular weight excluding hydrogens is 504 g/mol. The molecule has 6 heteroatoms. The molecule has 1 heterocycles. The van der Waals surface area contributed by atoms with Crippen molar-refractivity contribution in [2.75, 3.05) is 19.0 Å². The number of aryl methyl sites for hydroxylation is 1. The van der Waals surface area contributed by atoms with Crippen molar-refractivity contribution in [1.29, 1.82) is 0 Å². The highest BCUT2D eigenvalue weighted by molar-refractivity contribution is 7.09. The summed E-state index contributed by atoms with van der Waals surface area (Å²) in [7, 11) is 1.61. The molecule has 0 unspecified atom stereocenters. The van der Waals surface area contributed by atoms with E-state index in [0.29, 0.717) is 23.7 Å². The summed E-state index contributed by atoms with van der Waals surface area (Å²) >= 11 is 1.74. The minimum Gasteiger partial charge on any atom is -0.493 e. The largest absolute Gasteiger partial charge is 0.493 e. The Morgan fingerprint density at radius 3 is 2.08 bits per heavy atom. The number of nitrogens with one attached hydrogen (secondary N) is 1. The van der Waals surface area contributed by atoms with Crippen molar-refractivity contribution >= 4 is 22.9 Å². The molecule has 0 aliphatic heterocycles. The molecule has 3 rings (SSSR count). The maximum Gasteiger partial charge on any atom is 0.255 e. The smallest absolute Gasteiger partial charge is 0.255 e. The van der Waals surface area contributed by atoms with E-state index in [2.05, 4.69) is 35.4 Å². The summed E-state index contributed by atoms with van der Waals surface area (Å²) in [5.41, 5.74) is 4.61. The first-order chi connectivity index (χ1) is 19.1. The number of carbonyl (C=O) groups is 1. The van der Waals surface area contributed by atoms with Crippen LogP contribution in [0.4, 0.5) is 5.69 Å². The molecule has 0 saturated heterocycles. The highest BCUT2D eigenvalue weighted by atomic mass is 32.1. The van der Waals surface area contributed by atoms with Crippen molar-refractivity contribution < 1.29 is 18.8 Å². The number of hydrogen-bond acceptors (Lipinski definition) is 4. The number of aromatic nitrogens is 1. The van der Waals surface area contributed by atoms with Gasteiger partial charge in [-0.25, -0.2) is 0 Å². The predicted octanol–water partition coefficient (Wildman–Crippen LogP) is 8.73. The molecule has 1 amide bonds. The standard InChI is InChI=1S/C33H46N2O3S/c1-4-5-6-7-8-9-10-11-12-13-14-15-22-38-31-21-18-29(23-32(31)37-3)33(36)34-30-19-16-28(17-20-30)25-35-24-27(2)39-26-35/h16-21,23-24,26H,4-15,22,25H2,1-3H3/p+1. The SMILES string of the molecule is CCCCCCCCCCCCCCOc1ccc(C(=O)Nc2ccc(C[n+]3csc(C)c3)cc2)cc1OC. The summed E-state index contributed by atoms with van der Waals surface area (Å²) in [6.07, 6.45) is 18.0. The Kier molecular flexibility index (Phi) is 13.9. The molecule has 0 spiro atoms. The van der Waals surface area contributed by atoms with Gasteiger partial charge in [0, 0.05) is 16.8 Å². The average Bonchev–Trinajstić information content (AvgIpc) is 3.36. The van der Waals surface area contributed by atoms with Crippen molar-refractivity contribution in [2.24, 2.45) is 0 Å². The van der Waals surface area contributed by atoms with Gasteiger partial charge < -0.3 is 14.8 Å². The zero-order valence-corrected chi connectivity index (χ0v) is 25.0. The maximum atomic E-state index is 12.8. The molecule has 2 aromatic carbocycles. The van der Waals surface area contributed by atoms with Gasteiger partial charge in [-0.3, -0.25) is 4.79 Å². The molecule has 212 valence electrons. The van der Waals surface area contributed by atoms with E-state index in [4.69, 9.17) is 9.47 Å². The summed E-state index contributed by atoms with van der Waals surface area (Å²) in [5, 5.41) is 2.98. The lowest BCUT2D eigenvalue weighted by Gasteiger charge is -2.12. The first kappa shape index (κ1) is 30.7. The normalized spacial score (nSPS) is 10.9. The molecule has 1 aromatic heterocycles. The zero-order valence-electron chi connectivity index (χ0n) is 24.2. The van der Waals surface area contributed by atoms with E-state index >= 15 is 0 Å².